The molecule has 0 saturated heterocycles. The van der Waals surface area contributed by atoms with E-state index >= 15 is 0 Å². The zero-order valence-corrected chi connectivity index (χ0v) is 20.6. The van der Waals surface area contributed by atoms with Gasteiger partial charge in [-0.2, -0.15) is 0 Å². The number of carbonyl (C=O) groups is 2. The number of rotatable bonds is 4. The SMILES string of the molecule is CC(C)(C)C1CCc2c(sc3ncnc(SCC(=O)NNC(=O)c4ccc(Cl)cc4)c23)C1. The van der Waals surface area contributed by atoms with E-state index in [1.807, 2.05) is 0 Å². The van der Waals surface area contributed by atoms with Crippen LogP contribution in [0.5, 0.6) is 0 Å². The molecule has 0 radical (unpaired) electrons. The van der Waals surface area contributed by atoms with Crippen molar-refractivity contribution in [1.29, 1.82) is 0 Å². The van der Waals surface area contributed by atoms with Crippen molar-refractivity contribution in [3.63, 3.8) is 0 Å². The number of benzene rings is 1. The number of halogens is 1. The van der Waals surface area contributed by atoms with E-state index in [-0.39, 0.29) is 17.1 Å². The van der Waals surface area contributed by atoms with Crippen LogP contribution in [0.1, 0.15) is 48.0 Å². The molecule has 1 aliphatic rings. The number of aromatic nitrogens is 2. The second-order valence-electron chi connectivity index (χ2n) is 8.97. The summed E-state index contributed by atoms with van der Waals surface area (Å²) in [5.74, 6) is 0.0929. The van der Waals surface area contributed by atoms with E-state index < -0.39 is 5.91 Å². The van der Waals surface area contributed by atoms with Crippen LogP contribution in [-0.4, -0.2) is 27.5 Å². The van der Waals surface area contributed by atoms with Gasteiger partial charge in [-0.3, -0.25) is 20.4 Å². The Morgan fingerprint density at radius 3 is 2.66 bits per heavy atom. The summed E-state index contributed by atoms with van der Waals surface area (Å²) < 4.78 is 0. The predicted octanol–water partition coefficient (Wildman–Crippen LogP) is 5.05. The Balaban J connectivity index is 1.40. The number of fused-ring (bicyclic) bond motifs is 3. The van der Waals surface area contributed by atoms with Gasteiger partial charge in [0.1, 0.15) is 16.2 Å². The van der Waals surface area contributed by atoms with Gasteiger partial charge in [-0.15, -0.1) is 11.3 Å². The number of carbonyl (C=O) groups excluding carboxylic acids is 2. The van der Waals surface area contributed by atoms with Crippen molar-refractivity contribution in [1.82, 2.24) is 20.8 Å². The fourth-order valence-corrected chi connectivity index (χ4v) is 6.18. The molecule has 2 aromatic heterocycles. The number of nitrogens with one attached hydrogen (secondary N) is 2. The molecule has 2 heterocycles. The van der Waals surface area contributed by atoms with Gasteiger partial charge < -0.3 is 0 Å². The Labute approximate surface area is 200 Å². The number of hydrazine groups is 1. The Bertz CT molecular complexity index is 1160. The normalized spacial score (nSPS) is 15.9. The highest BCUT2D eigenvalue weighted by Crippen LogP contribution is 2.44. The molecule has 6 nitrogen and oxygen atoms in total. The molecule has 9 heteroatoms. The van der Waals surface area contributed by atoms with Gasteiger partial charge in [0.2, 0.25) is 5.91 Å². The maximum atomic E-state index is 12.3. The molecule has 1 atom stereocenters. The molecule has 168 valence electrons. The Kier molecular flexibility index (Phi) is 6.74. The summed E-state index contributed by atoms with van der Waals surface area (Å²) in [7, 11) is 0. The average molecular weight is 489 g/mol. The minimum atomic E-state index is -0.398. The third-order valence-electron chi connectivity index (χ3n) is 5.80. The molecular formula is C23H25ClN4O2S2. The van der Waals surface area contributed by atoms with E-state index in [0.29, 0.717) is 16.5 Å². The Hall–Kier alpha value is -2.16. The molecule has 1 aromatic carbocycles. The lowest BCUT2D eigenvalue weighted by molar-refractivity contribution is -0.119. The number of thiophene rings is 1. The highest BCUT2D eigenvalue weighted by molar-refractivity contribution is 8.00. The first-order chi connectivity index (χ1) is 15.2. The van der Waals surface area contributed by atoms with Crippen LogP contribution in [0.15, 0.2) is 35.6 Å². The van der Waals surface area contributed by atoms with E-state index in [1.165, 1.54) is 22.2 Å². The van der Waals surface area contributed by atoms with Gasteiger partial charge in [-0.25, -0.2) is 9.97 Å². The maximum absolute atomic E-state index is 12.3. The third kappa shape index (κ3) is 5.08. The molecule has 0 bridgehead atoms. The van der Waals surface area contributed by atoms with E-state index in [2.05, 4.69) is 41.6 Å². The summed E-state index contributed by atoms with van der Waals surface area (Å²) in [4.78, 5) is 35.8. The van der Waals surface area contributed by atoms with Crippen molar-refractivity contribution in [3.8, 4) is 0 Å². The molecule has 3 aromatic rings. The zero-order valence-electron chi connectivity index (χ0n) is 18.2. The van der Waals surface area contributed by atoms with Crippen LogP contribution >= 0.6 is 34.7 Å². The number of nitrogens with zero attached hydrogens (tertiary/aromatic N) is 2. The van der Waals surface area contributed by atoms with Crippen LogP contribution in [0.4, 0.5) is 0 Å². The first-order valence-electron chi connectivity index (χ1n) is 10.4. The second-order valence-corrected chi connectivity index (χ2v) is 11.5. The van der Waals surface area contributed by atoms with Gasteiger partial charge >= 0.3 is 0 Å². The molecule has 0 fully saturated rings. The summed E-state index contributed by atoms with van der Waals surface area (Å²) >= 11 is 8.95. The molecule has 0 spiro atoms. The van der Waals surface area contributed by atoms with Crippen molar-refractivity contribution < 1.29 is 9.59 Å². The highest BCUT2D eigenvalue weighted by Gasteiger charge is 2.31. The van der Waals surface area contributed by atoms with Crippen molar-refractivity contribution >= 4 is 56.7 Å². The van der Waals surface area contributed by atoms with Crippen molar-refractivity contribution in [3.05, 3.63) is 51.6 Å². The molecule has 0 aliphatic heterocycles. The fourth-order valence-electron chi connectivity index (χ4n) is 3.90. The molecule has 1 aliphatic carbocycles. The lowest BCUT2D eigenvalue weighted by atomic mass is 9.72. The van der Waals surface area contributed by atoms with E-state index in [4.69, 9.17) is 11.6 Å². The van der Waals surface area contributed by atoms with E-state index in [0.717, 1.165) is 34.5 Å². The van der Waals surface area contributed by atoms with Gasteiger partial charge in [0, 0.05) is 20.8 Å². The van der Waals surface area contributed by atoms with Crippen molar-refractivity contribution in [2.45, 2.75) is 45.1 Å². The van der Waals surface area contributed by atoms with Crippen LogP contribution in [0, 0.1) is 11.3 Å². The average Bonchev–Trinajstić information content (AvgIpc) is 3.14. The molecule has 2 amide bonds. The summed E-state index contributed by atoms with van der Waals surface area (Å²) in [6.45, 7) is 6.92. The predicted molar refractivity (Wildman–Crippen MR) is 130 cm³/mol. The van der Waals surface area contributed by atoms with Crippen LogP contribution in [0.2, 0.25) is 5.02 Å². The van der Waals surface area contributed by atoms with Crippen LogP contribution < -0.4 is 10.9 Å². The number of amides is 2. The van der Waals surface area contributed by atoms with Crippen LogP contribution in [0.3, 0.4) is 0 Å². The Morgan fingerprint density at radius 1 is 1.19 bits per heavy atom. The summed E-state index contributed by atoms with van der Waals surface area (Å²) in [5, 5.41) is 2.45. The first-order valence-corrected chi connectivity index (χ1v) is 12.6. The van der Waals surface area contributed by atoms with Gasteiger partial charge in [0.15, 0.2) is 0 Å². The van der Waals surface area contributed by atoms with Gasteiger partial charge in [0.05, 0.1) is 5.75 Å². The smallest absolute Gasteiger partial charge is 0.269 e. The third-order valence-corrected chi connectivity index (χ3v) is 8.20. The van der Waals surface area contributed by atoms with Crippen LogP contribution in [-0.2, 0) is 17.6 Å². The lowest BCUT2D eigenvalue weighted by Crippen LogP contribution is -2.42. The van der Waals surface area contributed by atoms with E-state index in [1.54, 1.807) is 41.9 Å². The summed E-state index contributed by atoms with van der Waals surface area (Å²) in [6, 6.07) is 6.44. The topological polar surface area (TPSA) is 84.0 Å². The van der Waals surface area contributed by atoms with Gasteiger partial charge in [-0.1, -0.05) is 44.1 Å². The molecule has 1 unspecified atom stereocenters. The molecular weight excluding hydrogens is 464 g/mol. The summed E-state index contributed by atoms with van der Waals surface area (Å²) in [5.41, 5.74) is 6.93. The van der Waals surface area contributed by atoms with Crippen molar-refractivity contribution in [2.75, 3.05) is 5.75 Å². The van der Waals surface area contributed by atoms with Gasteiger partial charge in [-0.05, 0) is 60.4 Å². The van der Waals surface area contributed by atoms with Crippen molar-refractivity contribution in [2.24, 2.45) is 11.3 Å². The van der Waals surface area contributed by atoms with E-state index in [9.17, 15) is 9.59 Å². The monoisotopic (exact) mass is 488 g/mol. The largest absolute Gasteiger partial charge is 0.272 e. The molecule has 4 rings (SSSR count). The van der Waals surface area contributed by atoms with Gasteiger partial charge in [0.25, 0.3) is 5.91 Å². The Morgan fingerprint density at radius 2 is 1.94 bits per heavy atom. The maximum Gasteiger partial charge on any atom is 0.269 e. The fraction of sp³-hybridized carbons (Fsp3) is 0.391. The first kappa shape index (κ1) is 23.0. The summed E-state index contributed by atoms with van der Waals surface area (Å²) in [6.07, 6.45) is 4.80. The number of aryl methyl sites for hydroxylation is 1. The second kappa shape index (κ2) is 9.37. The zero-order chi connectivity index (χ0) is 22.9. The highest BCUT2D eigenvalue weighted by atomic mass is 35.5. The number of hydrogen-bond acceptors (Lipinski definition) is 6. The minimum absolute atomic E-state index is 0.141. The quantitative estimate of drug-likeness (QED) is 0.305. The standard InChI is InChI=1S/C23H25ClN4O2S2/c1-23(2,3)14-6-9-16-17(10-14)32-22-19(16)21(25-12-26-22)31-11-18(29)27-28-20(30)13-4-7-15(24)8-5-13/h4-5,7-8,12,14H,6,9-11H2,1-3H3,(H,27,29)(H,28,30). The molecule has 32 heavy (non-hydrogen) atoms. The number of thioether (sulfide) groups is 1. The molecule has 2 N–H and O–H groups in total. The number of hydrogen-bond donors (Lipinski definition) is 2. The molecule has 0 saturated carbocycles. The minimum Gasteiger partial charge on any atom is -0.272 e. The lowest BCUT2D eigenvalue weighted by Gasteiger charge is -2.33. The van der Waals surface area contributed by atoms with Crippen LogP contribution in [0.25, 0.3) is 10.2 Å².